The second-order valence-corrected chi connectivity index (χ2v) is 7.66. The first-order chi connectivity index (χ1) is 13.6. The van der Waals surface area contributed by atoms with E-state index in [4.69, 9.17) is 9.47 Å². The van der Waals surface area contributed by atoms with E-state index in [0.29, 0.717) is 26.1 Å². The van der Waals surface area contributed by atoms with Gasteiger partial charge in [0, 0.05) is 18.4 Å². The Bertz CT molecular complexity index is 820. The number of aliphatic hydroxyl groups excluding tert-OH is 4. The van der Waals surface area contributed by atoms with Gasteiger partial charge < -0.3 is 29.9 Å². The average molecular weight is 386 g/mol. The van der Waals surface area contributed by atoms with E-state index in [1.165, 1.54) is 0 Å². The molecule has 0 spiro atoms. The van der Waals surface area contributed by atoms with E-state index in [9.17, 15) is 20.4 Å². The molecule has 28 heavy (non-hydrogen) atoms. The third kappa shape index (κ3) is 3.73. The van der Waals surface area contributed by atoms with Gasteiger partial charge in [-0.25, -0.2) is 0 Å². The Morgan fingerprint density at radius 2 is 1.57 bits per heavy atom. The fourth-order valence-electron chi connectivity index (χ4n) is 4.21. The monoisotopic (exact) mass is 386 g/mol. The Hall–Kier alpha value is -2.12. The van der Waals surface area contributed by atoms with Crippen molar-refractivity contribution in [2.45, 2.75) is 37.1 Å². The van der Waals surface area contributed by atoms with Crippen LogP contribution in [0.1, 0.15) is 29.0 Å². The smallest absolute Gasteiger partial charge is 0.161 e. The molecule has 5 atom stereocenters. The molecule has 1 saturated carbocycles. The first kappa shape index (κ1) is 19.2. The number of hydrogen-bond donors (Lipinski definition) is 4. The molecule has 2 aliphatic rings. The van der Waals surface area contributed by atoms with Crippen LogP contribution in [-0.2, 0) is 6.42 Å². The zero-order chi connectivity index (χ0) is 19.7. The van der Waals surface area contributed by atoms with Crippen molar-refractivity contribution in [3.05, 3.63) is 59.2 Å². The molecule has 4 rings (SSSR count). The van der Waals surface area contributed by atoms with Gasteiger partial charge in [0.15, 0.2) is 11.5 Å². The highest BCUT2D eigenvalue weighted by Crippen LogP contribution is 2.37. The summed E-state index contributed by atoms with van der Waals surface area (Å²) < 4.78 is 11.2. The predicted molar refractivity (Wildman–Crippen MR) is 103 cm³/mol. The van der Waals surface area contributed by atoms with E-state index >= 15 is 0 Å². The van der Waals surface area contributed by atoms with E-state index in [-0.39, 0.29) is 12.5 Å². The molecule has 6 heteroatoms. The van der Waals surface area contributed by atoms with E-state index in [1.807, 2.05) is 42.5 Å². The van der Waals surface area contributed by atoms with Gasteiger partial charge >= 0.3 is 0 Å². The lowest BCUT2D eigenvalue weighted by Gasteiger charge is -2.40. The summed E-state index contributed by atoms with van der Waals surface area (Å²) in [5.74, 6) is 0.725. The van der Waals surface area contributed by atoms with Crippen molar-refractivity contribution >= 4 is 0 Å². The maximum absolute atomic E-state index is 10.5. The number of fused-ring (bicyclic) bond motifs is 1. The van der Waals surface area contributed by atoms with Crippen molar-refractivity contribution in [2.75, 3.05) is 19.8 Å². The van der Waals surface area contributed by atoms with Gasteiger partial charge in [0.25, 0.3) is 0 Å². The molecular weight excluding hydrogens is 360 g/mol. The number of ether oxygens (including phenoxy) is 2. The predicted octanol–water partition coefficient (Wildman–Crippen LogP) is 1.23. The van der Waals surface area contributed by atoms with Crippen LogP contribution in [0.3, 0.4) is 0 Å². The molecule has 1 aliphatic heterocycles. The highest BCUT2D eigenvalue weighted by atomic mass is 16.6. The second-order valence-electron chi connectivity index (χ2n) is 7.66. The first-order valence-electron chi connectivity index (χ1n) is 9.69. The molecule has 1 heterocycles. The molecule has 6 nitrogen and oxygen atoms in total. The highest BCUT2D eigenvalue weighted by Gasteiger charge is 2.42. The summed E-state index contributed by atoms with van der Waals surface area (Å²) in [5.41, 5.74) is 3.06. The molecule has 0 amide bonds. The van der Waals surface area contributed by atoms with Gasteiger partial charge in [0.2, 0.25) is 0 Å². The van der Waals surface area contributed by atoms with Crippen molar-refractivity contribution in [3.8, 4) is 11.5 Å². The Morgan fingerprint density at radius 3 is 2.36 bits per heavy atom. The third-order valence-corrected chi connectivity index (χ3v) is 5.78. The molecule has 0 aromatic heterocycles. The molecular formula is C22H26O6. The SMILES string of the molecule is OC[C@H]1C[C@@H](c2cccc(Cc3ccc4c(c3)OCCO4)c2)[C@H](O)[C@@H](O)[C@@H]1O. The molecule has 0 radical (unpaired) electrons. The molecule has 1 fully saturated rings. The van der Waals surface area contributed by atoms with Gasteiger partial charge in [0.05, 0.1) is 12.2 Å². The van der Waals surface area contributed by atoms with Crippen molar-refractivity contribution < 1.29 is 29.9 Å². The Kier molecular flexibility index (Phi) is 5.55. The van der Waals surface area contributed by atoms with Crippen LogP contribution in [0.25, 0.3) is 0 Å². The summed E-state index contributed by atoms with van der Waals surface area (Å²) in [7, 11) is 0. The standard InChI is InChI=1S/C22H26O6/c23-12-16-11-17(21(25)22(26)20(16)24)15-3-1-2-13(9-15)8-14-4-5-18-19(10-14)28-7-6-27-18/h1-5,9-10,16-17,20-26H,6-8,11-12H2/t16-,17+,20-,21+,22+/m1/s1. The summed E-state index contributed by atoms with van der Waals surface area (Å²) in [5, 5.41) is 40.2. The van der Waals surface area contributed by atoms with E-state index in [2.05, 4.69) is 0 Å². The quantitative estimate of drug-likeness (QED) is 0.631. The van der Waals surface area contributed by atoms with Crippen LogP contribution in [0.2, 0.25) is 0 Å². The zero-order valence-corrected chi connectivity index (χ0v) is 15.6. The second kappa shape index (κ2) is 8.09. The minimum absolute atomic E-state index is 0.224. The van der Waals surface area contributed by atoms with E-state index in [1.54, 1.807) is 0 Å². The van der Waals surface area contributed by atoms with Crippen LogP contribution < -0.4 is 9.47 Å². The Morgan fingerprint density at radius 1 is 0.821 bits per heavy atom. The summed E-state index contributed by atoms with van der Waals surface area (Å²) in [4.78, 5) is 0. The number of hydrogen-bond acceptors (Lipinski definition) is 6. The topological polar surface area (TPSA) is 99.4 Å². The maximum atomic E-state index is 10.5. The molecule has 0 saturated heterocycles. The van der Waals surface area contributed by atoms with Crippen LogP contribution in [0, 0.1) is 5.92 Å². The summed E-state index contributed by atoms with van der Waals surface area (Å²) in [6.45, 7) is 0.886. The highest BCUT2D eigenvalue weighted by molar-refractivity contribution is 5.45. The van der Waals surface area contributed by atoms with Crippen LogP contribution in [0.15, 0.2) is 42.5 Å². The number of benzene rings is 2. The normalized spacial score (nSPS) is 29.5. The lowest BCUT2D eigenvalue weighted by atomic mass is 9.73. The van der Waals surface area contributed by atoms with Crippen LogP contribution >= 0.6 is 0 Å². The van der Waals surface area contributed by atoms with E-state index < -0.39 is 24.2 Å². The van der Waals surface area contributed by atoms with Crippen molar-refractivity contribution in [2.24, 2.45) is 5.92 Å². The van der Waals surface area contributed by atoms with Crippen molar-refractivity contribution in [1.82, 2.24) is 0 Å². The molecule has 0 unspecified atom stereocenters. The van der Waals surface area contributed by atoms with Crippen molar-refractivity contribution in [1.29, 1.82) is 0 Å². The molecule has 2 aromatic carbocycles. The van der Waals surface area contributed by atoms with Crippen LogP contribution in [0.4, 0.5) is 0 Å². The van der Waals surface area contributed by atoms with Gasteiger partial charge in [-0.1, -0.05) is 30.3 Å². The number of rotatable bonds is 4. The molecule has 0 bridgehead atoms. The number of aliphatic hydroxyl groups is 4. The Balaban J connectivity index is 1.54. The third-order valence-electron chi connectivity index (χ3n) is 5.78. The van der Waals surface area contributed by atoms with Gasteiger partial charge in [-0.15, -0.1) is 0 Å². The fourth-order valence-corrected chi connectivity index (χ4v) is 4.21. The average Bonchev–Trinajstić information content (AvgIpc) is 2.72. The summed E-state index contributed by atoms with van der Waals surface area (Å²) in [6.07, 6.45) is -2.33. The lowest BCUT2D eigenvalue weighted by molar-refractivity contribution is -0.127. The fraction of sp³-hybridized carbons (Fsp3) is 0.455. The van der Waals surface area contributed by atoms with Crippen LogP contribution in [-0.4, -0.2) is 58.6 Å². The van der Waals surface area contributed by atoms with E-state index in [0.717, 1.165) is 28.2 Å². The van der Waals surface area contributed by atoms with Gasteiger partial charge in [-0.3, -0.25) is 0 Å². The molecule has 150 valence electrons. The largest absolute Gasteiger partial charge is 0.486 e. The van der Waals surface area contributed by atoms with Gasteiger partial charge in [0.1, 0.15) is 19.3 Å². The minimum atomic E-state index is -1.27. The van der Waals surface area contributed by atoms with Crippen LogP contribution in [0.5, 0.6) is 11.5 Å². The zero-order valence-electron chi connectivity index (χ0n) is 15.6. The molecule has 4 N–H and O–H groups in total. The minimum Gasteiger partial charge on any atom is -0.486 e. The first-order valence-corrected chi connectivity index (χ1v) is 9.69. The Labute approximate surface area is 164 Å². The molecule has 2 aromatic rings. The summed E-state index contributed by atoms with van der Waals surface area (Å²) in [6, 6.07) is 13.8. The molecule has 1 aliphatic carbocycles. The van der Waals surface area contributed by atoms with Gasteiger partial charge in [-0.2, -0.15) is 0 Å². The van der Waals surface area contributed by atoms with Crippen molar-refractivity contribution in [3.63, 3.8) is 0 Å². The van der Waals surface area contributed by atoms with Gasteiger partial charge in [-0.05, 0) is 41.7 Å². The lowest BCUT2D eigenvalue weighted by Crippen LogP contribution is -2.51. The summed E-state index contributed by atoms with van der Waals surface area (Å²) >= 11 is 0. The maximum Gasteiger partial charge on any atom is 0.161 e.